The van der Waals surface area contributed by atoms with Gasteiger partial charge < -0.3 is 14.2 Å². The molecule has 14 heavy (non-hydrogen) atoms. The second kappa shape index (κ2) is 3.85. The first-order valence-corrected chi connectivity index (χ1v) is 4.38. The zero-order valence-electron chi connectivity index (χ0n) is 7.84. The van der Waals surface area contributed by atoms with Crippen molar-refractivity contribution in [2.45, 2.75) is 6.10 Å². The molecule has 0 aliphatic carbocycles. The second-order valence-electron chi connectivity index (χ2n) is 3.23. The van der Waals surface area contributed by atoms with E-state index in [4.69, 9.17) is 4.74 Å². The molecule has 1 aromatic rings. The van der Waals surface area contributed by atoms with Gasteiger partial charge in [-0.2, -0.15) is 4.98 Å². The van der Waals surface area contributed by atoms with E-state index >= 15 is 0 Å². The van der Waals surface area contributed by atoms with Crippen LogP contribution in [0.15, 0.2) is 4.52 Å². The fraction of sp³-hybridized carbons (Fsp3) is 0.625. The van der Waals surface area contributed by atoms with Crippen LogP contribution in [0.4, 0.5) is 0 Å². The van der Waals surface area contributed by atoms with E-state index in [0.717, 1.165) is 13.1 Å². The van der Waals surface area contributed by atoms with Crippen LogP contribution in [0, 0.1) is 0 Å². The zero-order chi connectivity index (χ0) is 9.97. The normalized spacial score (nSPS) is 23.6. The van der Waals surface area contributed by atoms with Gasteiger partial charge in [-0.3, -0.25) is 4.79 Å². The molecule has 6 heteroatoms. The molecular formula is C8H11N3O3. The minimum Gasteiger partial charge on any atom is -0.367 e. The Kier molecular flexibility index (Phi) is 2.55. The number of rotatable bonds is 2. The quantitative estimate of drug-likeness (QED) is 0.616. The molecular weight excluding hydrogens is 186 g/mol. The van der Waals surface area contributed by atoms with Gasteiger partial charge in [-0.1, -0.05) is 5.16 Å². The number of nitrogens with zero attached hydrogens (tertiary/aromatic N) is 3. The summed E-state index contributed by atoms with van der Waals surface area (Å²) in [5.74, 6) is 0.440. The summed E-state index contributed by atoms with van der Waals surface area (Å²) in [6.07, 6.45) is 0.342. The van der Waals surface area contributed by atoms with Crippen LogP contribution >= 0.6 is 0 Å². The Bertz CT molecular complexity index is 325. The van der Waals surface area contributed by atoms with Crippen LogP contribution in [-0.4, -0.2) is 48.1 Å². The van der Waals surface area contributed by atoms with Gasteiger partial charge in [0.15, 0.2) is 0 Å². The molecule has 0 N–H and O–H groups in total. The van der Waals surface area contributed by atoms with Crippen LogP contribution in [0.1, 0.15) is 22.6 Å². The summed E-state index contributed by atoms with van der Waals surface area (Å²) in [6.45, 7) is 2.26. The van der Waals surface area contributed by atoms with Crippen LogP contribution in [0.3, 0.4) is 0 Å². The number of hydrogen-bond acceptors (Lipinski definition) is 6. The fourth-order valence-electron chi connectivity index (χ4n) is 1.36. The summed E-state index contributed by atoms with van der Waals surface area (Å²) < 4.78 is 10.1. The highest BCUT2D eigenvalue weighted by atomic mass is 16.5. The molecule has 0 bridgehead atoms. The van der Waals surface area contributed by atoms with Gasteiger partial charge >= 0.3 is 0 Å². The molecule has 76 valence electrons. The van der Waals surface area contributed by atoms with Crippen LogP contribution < -0.4 is 0 Å². The van der Waals surface area contributed by atoms with E-state index in [1.54, 1.807) is 0 Å². The number of carbonyl (C=O) groups is 1. The summed E-state index contributed by atoms with van der Waals surface area (Å²) in [7, 11) is 2.00. The Morgan fingerprint density at radius 1 is 1.64 bits per heavy atom. The van der Waals surface area contributed by atoms with Gasteiger partial charge in [0.1, 0.15) is 6.10 Å². The largest absolute Gasteiger partial charge is 0.367 e. The van der Waals surface area contributed by atoms with Crippen molar-refractivity contribution in [3.8, 4) is 0 Å². The third-order valence-electron chi connectivity index (χ3n) is 2.12. The Morgan fingerprint density at radius 2 is 2.50 bits per heavy atom. The SMILES string of the molecule is CN1CCOC(c2noc(C=O)n2)C1. The van der Waals surface area contributed by atoms with E-state index in [0.29, 0.717) is 18.7 Å². The first kappa shape index (κ1) is 9.29. The molecule has 1 atom stereocenters. The van der Waals surface area contributed by atoms with Gasteiger partial charge in [-0.15, -0.1) is 0 Å². The molecule has 0 saturated carbocycles. The van der Waals surface area contributed by atoms with Crippen molar-refractivity contribution in [2.24, 2.45) is 0 Å². The van der Waals surface area contributed by atoms with E-state index in [1.165, 1.54) is 0 Å². The third-order valence-corrected chi connectivity index (χ3v) is 2.12. The number of hydrogen-bond donors (Lipinski definition) is 0. The molecule has 1 unspecified atom stereocenters. The molecule has 1 saturated heterocycles. The third kappa shape index (κ3) is 1.80. The van der Waals surface area contributed by atoms with Crippen LogP contribution in [0.25, 0.3) is 0 Å². The van der Waals surface area contributed by atoms with Crippen molar-refractivity contribution >= 4 is 6.29 Å². The lowest BCUT2D eigenvalue weighted by Gasteiger charge is -2.27. The number of aldehydes is 1. The highest BCUT2D eigenvalue weighted by Crippen LogP contribution is 2.18. The van der Waals surface area contributed by atoms with Crippen LogP contribution in [0.2, 0.25) is 0 Å². The summed E-state index contributed by atoms with van der Waals surface area (Å²) in [4.78, 5) is 16.3. The molecule has 1 aliphatic rings. The lowest BCUT2D eigenvalue weighted by molar-refractivity contribution is -0.0264. The van der Waals surface area contributed by atoms with E-state index in [9.17, 15) is 4.79 Å². The molecule has 1 aromatic heterocycles. The Balaban J connectivity index is 2.09. The fourth-order valence-corrected chi connectivity index (χ4v) is 1.36. The van der Waals surface area contributed by atoms with Crippen molar-refractivity contribution < 1.29 is 14.1 Å². The Hall–Kier alpha value is -1.27. The van der Waals surface area contributed by atoms with Crippen molar-refractivity contribution in [3.63, 3.8) is 0 Å². The second-order valence-corrected chi connectivity index (χ2v) is 3.23. The maximum absolute atomic E-state index is 10.3. The summed E-state index contributed by atoms with van der Waals surface area (Å²) in [6, 6.07) is 0. The standard InChI is InChI=1S/C8H11N3O3/c1-11-2-3-13-6(4-11)8-9-7(5-12)14-10-8/h5-6H,2-4H2,1H3. The van der Waals surface area contributed by atoms with E-state index < -0.39 is 0 Å². The molecule has 6 nitrogen and oxygen atoms in total. The van der Waals surface area contributed by atoms with Gasteiger partial charge in [-0.05, 0) is 7.05 Å². The van der Waals surface area contributed by atoms with Crippen molar-refractivity contribution in [3.05, 3.63) is 11.7 Å². The molecule has 2 heterocycles. The van der Waals surface area contributed by atoms with Crippen LogP contribution in [0.5, 0.6) is 0 Å². The highest BCUT2D eigenvalue weighted by Gasteiger charge is 2.24. The molecule has 0 spiro atoms. The van der Waals surface area contributed by atoms with Crippen molar-refractivity contribution in [1.29, 1.82) is 0 Å². The molecule has 0 radical (unpaired) electrons. The van der Waals surface area contributed by atoms with Gasteiger partial charge in [0.25, 0.3) is 5.89 Å². The summed E-state index contributed by atoms with van der Waals surface area (Å²) in [5, 5.41) is 3.68. The molecule has 2 rings (SSSR count). The van der Waals surface area contributed by atoms with E-state index in [1.807, 2.05) is 7.05 Å². The lowest BCUT2D eigenvalue weighted by atomic mass is 10.3. The molecule has 0 amide bonds. The van der Waals surface area contributed by atoms with Crippen molar-refractivity contribution in [1.82, 2.24) is 15.0 Å². The molecule has 0 aromatic carbocycles. The highest BCUT2D eigenvalue weighted by molar-refractivity contribution is 5.66. The van der Waals surface area contributed by atoms with Gasteiger partial charge in [0.05, 0.1) is 6.61 Å². The topological polar surface area (TPSA) is 68.5 Å². The number of ether oxygens (including phenoxy) is 1. The minimum atomic E-state index is -0.189. The first-order chi connectivity index (χ1) is 6.79. The van der Waals surface area contributed by atoms with Gasteiger partial charge in [-0.25, -0.2) is 0 Å². The zero-order valence-corrected chi connectivity index (χ0v) is 7.84. The number of likely N-dealkylation sites (N-methyl/N-ethyl adjacent to an activating group) is 1. The number of carbonyl (C=O) groups excluding carboxylic acids is 1. The van der Waals surface area contributed by atoms with Gasteiger partial charge in [0, 0.05) is 13.1 Å². The summed E-state index contributed by atoms with van der Waals surface area (Å²) in [5.41, 5.74) is 0. The lowest BCUT2D eigenvalue weighted by Crippen LogP contribution is -2.35. The monoisotopic (exact) mass is 197 g/mol. The van der Waals surface area contributed by atoms with E-state index in [-0.39, 0.29) is 12.0 Å². The average Bonchev–Trinajstić information content (AvgIpc) is 2.66. The Labute approximate surface area is 80.8 Å². The Morgan fingerprint density at radius 3 is 3.14 bits per heavy atom. The van der Waals surface area contributed by atoms with E-state index in [2.05, 4.69) is 19.6 Å². The predicted molar refractivity (Wildman–Crippen MR) is 45.9 cm³/mol. The van der Waals surface area contributed by atoms with Crippen LogP contribution in [-0.2, 0) is 4.74 Å². The number of aromatic nitrogens is 2. The first-order valence-electron chi connectivity index (χ1n) is 4.38. The summed E-state index contributed by atoms with van der Waals surface area (Å²) >= 11 is 0. The maximum atomic E-state index is 10.3. The average molecular weight is 197 g/mol. The van der Waals surface area contributed by atoms with Gasteiger partial charge in [0.2, 0.25) is 12.1 Å². The predicted octanol–water partition coefficient (Wildman–Crippen LogP) is -0.115. The molecule has 1 fully saturated rings. The number of morpholine rings is 1. The molecule has 1 aliphatic heterocycles. The van der Waals surface area contributed by atoms with Crippen molar-refractivity contribution in [2.75, 3.05) is 26.7 Å². The maximum Gasteiger partial charge on any atom is 0.290 e. The smallest absolute Gasteiger partial charge is 0.290 e. The minimum absolute atomic E-state index is 0.00294.